The standard InChI is InChI=1S/C16H18F2N2O3S/c1-9-20-14(10-5-3-2-4-6-10)15(21-9)11-7-12(17)16(13(18)8-11)24-23-22-19/h7-8,10H,2-6,19H2,1H3. The van der Waals surface area contributed by atoms with E-state index in [1.54, 1.807) is 6.92 Å². The molecule has 2 N–H and O–H groups in total. The molecule has 1 heterocycles. The van der Waals surface area contributed by atoms with Crippen LogP contribution in [0.3, 0.4) is 0 Å². The van der Waals surface area contributed by atoms with E-state index in [0.717, 1.165) is 31.4 Å². The van der Waals surface area contributed by atoms with E-state index in [4.69, 9.17) is 10.3 Å². The van der Waals surface area contributed by atoms with E-state index in [9.17, 15) is 8.78 Å². The molecule has 3 rings (SSSR count). The third-order valence-corrected chi connectivity index (χ3v) is 4.87. The lowest BCUT2D eigenvalue weighted by Crippen LogP contribution is -2.06. The molecular formula is C16H18F2N2O3S. The largest absolute Gasteiger partial charge is 0.441 e. The molecule has 1 aromatic carbocycles. The molecule has 5 nitrogen and oxygen atoms in total. The van der Waals surface area contributed by atoms with Crippen LogP contribution in [0.2, 0.25) is 0 Å². The average molecular weight is 356 g/mol. The van der Waals surface area contributed by atoms with Gasteiger partial charge in [0.05, 0.1) is 17.7 Å². The summed E-state index contributed by atoms with van der Waals surface area (Å²) in [6.07, 6.45) is 5.50. The molecular weight excluding hydrogens is 338 g/mol. The Balaban J connectivity index is 1.97. The average Bonchev–Trinajstić information content (AvgIpc) is 2.97. The van der Waals surface area contributed by atoms with Crippen molar-refractivity contribution in [2.45, 2.75) is 49.8 Å². The van der Waals surface area contributed by atoms with Gasteiger partial charge in [-0.15, -0.1) is 9.32 Å². The van der Waals surface area contributed by atoms with Crippen molar-refractivity contribution >= 4 is 12.0 Å². The Kier molecular flexibility index (Phi) is 5.50. The number of hydrogen-bond donors (Lipinski definition) is 1. The third kappa shape index (κ3) is 3.61. The lowest BCUT2D eigenvalue weighted by molar-refractivity contribution is -0.195. The molecule has 1 saturated carbocycles. The van der Waals surface area contributed by atoms with Crippen molar-refractivity contribution in [1.82, 2.24) is 4.98 Å². The number of oxazole rings is 1. The summed E-state index contributed by atoms with van der Waals surface area (Å²) in [5.74, 6) is 4.32. The predicted molar refractivity (Wildman–Crippen MR) is 84.6 cm³/mol. The van der Waals surface area contributed by atoms with Gasteiger partial charge in [-0.3, -0.25) is 0 Å². The second-order valence-corrected chi connectivity index (χ2v) is 6.51. The van der Waals surface area contributed by atoms with E-state index < -0.39 is 11.6 Å². The number of aromatic nitrogens is 1. The first kappa shape index (κ1) is 17.3. The monoisotopic (exact) mass is 356 g/mol. The van der Waals surface area contributed by atoms with Crippen molar-refractivity contribution in [2.75, 3.05) is 0 Å². The van der Waals surface area contributed by atoms with Crippen LogP contribution in [0.15, 0.2) is 21.4 Å². The van der Waals surface area contributed by atoms with Crippen LogP contribution in [0.5, 0.6) is 0 Å². The maximum atomic E-state index is 14.2. The first-order chi connectivity index (χ1) is 11.6. The maximum absolute atomic E-state index is 14.2. The molecule has 2 aromatic rings. The zero-order valence-corrected chi connectivity index (χ0v) is 14.0. The van der Waals surface area contributed by atoms with Crippen molar-refractivity contribution in [2.24, 2.45) is 5.90 Å². The number of hydrogen-bond acceptors (Lipinski definition) is 6. The van der Waals surface area contributed by atoms with Crippen molar-refractivity contribution in [3.8, 4) is 11.3 Å². The van der Waals surface area contributed by atoms with Gasteiger partial charge >= 0.3 is 0 Å². The van der Waals surface area contributed by atoms with Crippen molar-refractivity contribution in [1.29, 1.82) is 0 Å². The Morgan fingerprint density at radius 3 is 2.50 bits per heavy atom. The minimum absolute atomic E-state index is 0.264. The SMILES string of the molecule is Cc1nc(C2CCCCC2)c(-c2cc(F)c(SOON)c(F)c2)o1. The molecule has 0 radical (unpaired) electrons. The maximum Gasteiger partial charge on any atom is 0.192 e. The Morgan fingerprint density at radius 1 is 1.21 bits per heavy atom. The van der Waals surface area contributed by atoms with Crippen LogP contribution in [0, 0.1) is 18.6 Å². The summed E-state index contributed by atoms with van der Waals surface area (Å²) < 4.78 is 38.4. The highest BCUT2D eigenvalue weighted by Gasteiger charge is 2.25. The van der Waals surface area contributed by atoms with E-state index >= 15 is 0 Å². The summed E-state index contributed by atoms with van der Waals surface area (Å²) >= 11 is 0.372. The lowest BCUT2D eigenvalue weighted by Gasteiger charge is -2.20. The highest BCUT2D eigenvalue weighted by Crippen LogP contribution is 2.39. The van der Waals surface area contributed by atoms with Crippen LogP contribution in [-0.4, -0.2) is 4.98 Å². The van der Waals surface area contributed by atoms with E-state index in [0.29, 0.717) is 29.3 Å². The molecule has 1 fully saturated rings. The minimum atomic E-state index is -0.782. The number of rotatable bonds is 5. The topological polar surface area (TPSA) is 70.5 Å². The van der Waals surface area contributed by atoms with E-state index in [1.165, 1.54) is 18.6 Å². The molecule has 0 unspecified atom stereocenters. The highest BCUT2D eigenvalue weighted by molar-refractivity contribution is 7.94. The van der Waals surface area contributed by atoms with Gasteiger partial charge in [-0.2, -0.15) is 5.90 Å². The summed E-state index contributed by atoms with van der Waals surface area (Å²) in [5, 5.41) is 0. The summed E-state index contributed by atoms with van der Waals surface area (Å²) in [6.45, 7) is 1.74. The fourth-order valence-corrected chi connectivity index (χ4v) is 3.51. The zero-order chi connectivity index (χ0) is 17.1. The van der Waals surface area contributed by atoms with Crippen molar-refractivity contribution < 1.29 is 22.5 Å². The third-order valence-electron chi connectivity index (χ3n) is 4.17. The molecule has 0 aliphatic heterocycles. The quantitative estimate of drug-likeness (QED) is 0.471. The van der Waals surface area contributed by atoms with Crippen LogP contribution in [0.4, 0.5) is 8.78 Å². The molecule has 8 heteroatoms. The molecule has 0 bridgehead atoms. The fourth-order valence-electron chi connectivity index (χ4n) is 3.13. The summed E-state index contributed by atoms with van der Waals surface area (Å²) in [4.78, 5) is 8.00. The first-order valence-corrected chi connectivity index (χ1v) is 8.51. The molecule has 0 atom stereocenters. The Labute approximate surface area is 142 Å². The second-order valence-electron chi connectivity index (χ2n) is 5.80. The summed E-state index contributed by atoms with van der Waals surface area (Å²) in [5.41, 5.74) is 1.11. The number of halogens is 2. The minimum Gasteiger partial charge on any atom is -0.441 e. The van der Waals surface area contributed by atoms with Crippen LogP contribution in [0.1, 0.15) is 49.6 Å². The molecule has 1 aliphatic carbocycles. The Hall–Kier alpha value is -1.48. The van der Waals surface area contributed by atoms with Crippen LogP contribution in [-0.2, 0) is 9.32 Å². The molecule has 0 amide bonds. The second kappa shape index (κ2) is 7.60. The zero-order valence-electron chi connectivity index (χ0n) is 13.2. The molecule has 24 heavy (non-hydrogen) atoms. The van der Waals surface area contributed by atoms with Crippen LogP contribution in [0.25, 0.3) is 11.3 Å². The predicted octanol–water partition coefficient (Wildman–Crippen LogP) is 4.80. The summed E-state index contributed by atoms with van der Waals surface area (Å²) in [7, 11) is 0. The molecule has 130 valence electrons. The number of nitrogens with two attached hydrogens (primary N) is 1. The molecule has 1 aromatic heterocycles. The van der Waals surface area contributed by atoms with Gasteiger partial charge in [0.1, 0.15) is 16.5 Å². The molecule has 0 saturated heterocycles. The van der Waals surface area contributed by atoms with Gasteiger partial charge in [0.15, 0.2) is 11.7 Å². The lowest BCUT2D eigenvalue weighted by atomic mass is 9.85. The van der Waals surface area contributed by atoms with Gasteiger partial charge in [-0.05, 0) is 25.0 Å². The normalized spacial score (nSPS) is 15.8. The van der Waals surface area contributed by atoms with E-state index in [1.807, 2.05) is 0 Å². The first-order valence-electron chi connectivity index (χ1n) is 7.77. The van der Waals surface area contributed by atoms with Crippen LogP contribution >= 0.6 is 12.0 Å². The van der Waals surface area contributed by atoms with Gasteiger partial charge in [-0.1, -0.05) is 19.3 Å². The van der Waals surface area contributed by atoms with Gasteiger partial charge < -0.3 is 4.42 Å². The van der Waals surface area contributed by atoms with Gasteiger partial charge in [0, 0.05) is 18.4 Å². The number of aryl methyl sites for hydroxylation is 1. The fraction of sp³-hybridized carbons (Fsp3) is 0.438. The smallest absolute Gasteiger partial charge is 0.192 e. The van der Waals surface area contributed by atoms with Gasteiger partial charge in [-0.25, -0.2) is 13.8 Å². The number of nitrogens with zero attached hydrogens (tertiary/aromatic N) is 1. The van der Waals surface area contributed by atoms with E-state index in [2.05, 4.69) is 14.3 Å². The van der Waals surface area contributed by atoms with Gasteiger partial charge in [0.2, 0.25) is 0 Å². The highest BCUT2D eigenvalue weighted by atomic mass is 32.2. The van der Waals surface area contributed by atoms with Crippen molar-refractivity contribution in [3.63, 3.8) is 0 Å². The molecule has 1 aliphatic rings. The molecule has 0 spiro atoms. The van der Waals surface area contributed by atoms with E-state index in [-0.39, 0.29) is 10.8 Å². The van der Waals surface area contributed by atoms with Crippen molar-refractivity contribution in [3.05, 3.63) is 35.4 Å². The Morgan fingerprint density at radius 2 is 1.88 bits per heavy atom. The van der Waals surface area contributed by atoms with Gasteiger partial charge in [0.25, 0.3) is 0 Å². The summed E-state index contributed by atoms with van der Waals surface area (Å²) in [6, 6.07) is 2.41. The van der Waals surface area contributed by atoms with Crippen LogP contribution < -0.4 is 5.90 Å². The number of benzene rings is 1. The Bertz CT molecular complexity index is 694.